The van der Waals surface area contributed by atoms with Gasteiger partial charge in [-0.2, -0.15) is 0 Å². The number of carbonyl (C=O) groups excluding carboxylic acids is 1. The molecule has 6 nitrogen and oxygen atoms in total. The van der Waals surface area contributed by atoms with Gasteiger partial charge in [0.15, 0.2) is 11.5 Å². The Balaban J connectivity index is 2.14. The molecule has 0 saturated heterocycles. The Bertz CT molecular complexity index is 856. The van der Waals surface area contributed by atoms with Crippen molar-refractivity contribution >= 4 is 5.91 Å². The molecule has 0 saturated carbocycles. The van der Waals surface area contributed by atoms with E-state index in [1.165, 1.54) is 0 Å². The molecular formula is C21H28N2O4. The zero-order valence-corrected chi connectivity index (χ0v) is 16.6. The maximum atomic E-state index is 12.5. The quantitative estimate of drug-likeness (QED) is 0.745. The van der Waals surface area contributed by atoms with E-state index >= 15 is 0 Å². The SMILES string of the molecule is CCOc1cc(C(=O)NCc2c(C)cc(C)[nH]c2=O)ccc1OCC(C)C. The molecule has 2 rings (SSSR count). The first kappa shape index (κ1) is 20.6. The van der Waals surface area contributed by atoms with Crippen molar-refractivity contribution in [2.75, 3.05) is 13.2 Å². The number of hydrogen-bond donors (Lipinski definition) is 2. The average Bonchev–Trinajstić information content (AvgIpc) is 2.59. The van der Waals surface area contributed by atoms with Crippen molar-refractivity contribution in [3.05, 3.63) is 57.0 Å². The Morgan fingerprint density at radius 3 is 2.52 bits per heavy atom. The second kappa shape index (κ2) is 9.26. The number of ether oxygens (including phenoxy) is 2. The van der Waals surface area contributed by atoms with E-state index in [9.17, 15) is 9.59 Å². The lowest BCUT2D eigenvalue weighted by Gasteiger charge is -2.15. The van der Waals surface area contributed by atoms with Crippen molar-refractivity contribution in [3.63, 3.8) is 0 Å². The number of benzene rings is 1. The number of aromatic amines is 1. The van der Waals surface area contributed by atoms with Crippen molar-refractivity contribution in [3.8, 4) is 11.5 Å². The van der Waals surface area contributed by atoms with Crippen LogP contribution in [0.5, 0.6) is 11.5 Å². The fourth-order valence-electron chi connectivity index (χ4n) is 2.67. The summed E-state index contributed by atoms with van der Waals surface area (Å²) in [6.45, 7) is 10.9. The molecule has 2 aromatic rings. The number of H-pyrrole nitrogens is 1. The Hall–Kier alpha value is -2.76. The summed E-state index contributed by atoms with van der Waals surface area (Å²) < 4.78 is 11.4. The molecular weight excluding hydrogens is 344 g/mol. The predicted octanol–water partition coefficient (Wildman–Crippen LogP) is 3.36. The number of aryl methyl sites for hydroxylation is 2. The molecule has 0 unspecified atom stereocenters. The lowest BCUT2D eigenvalue weighted by Crippen LogP contribution is -2.28. The summed E-state index contributed by atoms with van der Waals surface area (Å²) in [4.78, 5) is 27.4. The Kier molecular flexibility index (Phi) is 7.05. The van der Waals surface area contributed by atoms with E-state index in [0.717, 1.165) is 11.3 Å². The van der Waals surface area contributed by atoms with Crippen molar-refractivity contribution < 1.29 is 14.3 Å². The molecule has 0 aliphatic carbocycles. The molecule has 0 atom stereocenters. The van der Waals surface area contributed by atoms with Gasteiger partial charge in [0.05, 0.1) is 13.2 Å². The molecule has 27 heavy (non-hydrogen) atoms. The smallest absolute Gasteiger partial charge is 0.253 e. The monoisotopic (exact) mass is 372 g/mol. The van der Waals surface area contributed by atoms with Crippen molar-refractivity contribution in [2.24, 2.45) is 5.92 Å². The molecule has 6 heteroatoms. The second-order valence-corrected chi connectivity index (χ2v) is 6.93. The zero-order valence-electron chi connectivity index (χ0n) is 16.6. The van der Waals surface area contributed by atoms with Crippen LogP contribution in [0.3, 0.4) is 0 Å². The molecule has 0 aliphatic heterocycles. The van der Waals surface area contributed by atoms with E-state index in [4.69, 9.17) is 9.47 Å². The molecule has 1 aromatic heterocycles. The summed E-state index contributed by atoms with van der Waals surface area (Å²) in [6.07, 6.45) is 0. The minimum absolute atomic E-state index is 0.163. The highest BCUT2D eigenvalue weighted by Crippen LogP contribution is 2.29. The molecule has 0 radical (unpaired) electrons. The largest absolute Gasteiger partial charge is 0.490 e. The molecule has 1 amide bonds. The van der Waals surface area contributed by atoms with Crippen LogP contribution in [0.25, 0.3) is 0 Å². The standard InChI is InChI=1S/C21H28N2O4/c1-6-26-19-10-16(7-8-18(19)27-12-13(2)3)20(24)22-11-17-14(4)9-15(5)23-21(17)25/h7-10,13H,6,11-12H2,1-5H3,(H,22,24)(H,23,25). The Morgan fingerprint density at radius 2 is 1.89 bits per heavy atom. The van der Waals surface area contributed by atoms with Crippen molar-refractivity contribution in [1.82, 2.24) is 10.3 Å². The van der Waals surface area contributed by atoms with E-state index in [0.29, 0.717) is 41.8 Å². The Labute approximate surface area is 159 Å². The summed E-state index contributed by atoms with van der Waals surface area (Å²) in [7, 11) is 0. The third kappa shape index (κ3) is 5.61. The minimum atomic E-state index is -0.272. The maximum Gasteiger partial charge on any atom is 0.253 e. The summed E-state index contributed by atoms with van der Waals surface area (Å²) in [5.74, 6) is 1.27. The summed E-state index contributed by atoms with van der Waals surface area (Å²) in [5, 5.41) is 2.80. The van der Waals surface area contributed by atoms with Gasteiger partial charge in [0, 0.05) is 23.4 Å². The molecule has 0 spiro atoms. The Morgan fingerprint density at radius 1 is 1.15 bits per heavy atom. The van der Waals surface area contributed by atoms with Crippen LogP contribution in [0.1, 0.15) is 48.0 Å². The van der Waals surface area contributed by atoms with E-state index in [1.807, 2.05) is 26.8 Å². The number of rotatable bonds is 8. The number of amides is 1. The van der Waals surface area contributed by atoms with Gasteiger partial charge < -0.3 is 19.8 Å². The number of aromatic nitrogens is 1. The first-order valence-corrected chi connectivity index (χ1v) is 9.19. The molecule has 1 aromatic carbocycles. The summed E-state index contributed by atoms with van der Waals surface area (Å²) in [6, 6.07) is 6.99. The van der Waals surface area contributed by atoms with Gasteiger partial charge >= 0.3 is 0 Å². The third-order valence-electron chi connectivity index (χ3n) is 4.00. The van der Waals surface area contributed by atoms with Crippen molar-refractivity contribution in [2.45, 2.75) is 41.2 Å². The molecule has 2 N–H and O–H groups in total. The summed E-state index contributed by atoms with van der Waals surface area (Å²) >= 11 is 0. The van der Waals surface area contributed by atoms with Gasteiger partial charge in [-0.1, -0.05) is 13.8 Å². The maximum absolute atomic E-state index is 12.5. The summed E-state index contributed by atoms with van der Waals surface area (Å²) in [5.41, 5.74) is 2.47. The highest BCUT2D eigenvalue weighted by molar-refractivity contribution is 5.94. The fraction of sp³-hybridized carbons (Fsp3) is 0.429. The number of nitrogens with one attached hydrogen (secondary N) is 2. The lowest BCUT2D eigenvalue weighted by atomic mass is 10.1. The third-order valence-corrected chi connectivity index (χ3v) is 4.00. The van der Waals surface area contributed by atoms with Crippen LogP contribution >= 0.6 is 0 Å². The van der Waals surface area contributed by atoms with Crippen molar-refractivity contribution in [1.29, 1.82) is 0 Å². The lowest BCUT2D eigenvalue weighted by molar-refractivity contribution is 0.0950. The highest BCUT2D eigenvalue weighted by Gasteiger charge is 2.13. The number of carbonyl (C=O) groups is 1. The van der Waals surface area contributed by atoms with Gasteiger partial charge in [0.2, 0.25) is 0 Å². The normalized spacial score (nSPS) is 10.7. The van der Waals surface area contributed by atoms with Gasteiger partial charge in [0.25, 0.3) is 11.5 Å². The van der Waals surface area contributed by atoms with Crippen LogP contribution in [0, 0.1) is 19.8 Å². The van der Waals surface area contributed by atoms with E-state index in [2.05, 4.69) is 24.1 Å². The number of pyridine rings is 1. The van der Waals surface area contributed by atoms with Gasteiger partial charge in [-0.25, -0.2) is 0 Å². The average molecular weight is 372 g/mol. The highest BCUT2D eigenvalue weighted by atomic mass is 16.5. The van der Waals surface area contributed by atoms with Gasteiger partial charge in [-0.05, 0) is 56.5 Å². The van der Waals surface area contributed by atoms with Crippen LogP contribution in [-0.2, 0) is 6.54 Å². The van der Waals surface area contributed by atoms with Crippen LogP contribution in [0.15, 0.2) is 29.1 Å². The predicted molar refractivity (Wildman–Crippen MR) is 106 cm³/mol. The molecule has 0 aliphatic rings. The van der Waals surface area contributed by atoms with Crippen LogP contribution in [-0.4, -0.2) is 24.1 Å². The molecule has 1 heterocycles. The fourth-order valence-corrected chi connectivity index (χ4v) is 2.67. The van der Waals surface area contributed by atoms with Gasteiger partial charge in [0.1, 0.15) is 0 Å². The van der Waals surface area contributed by atoms with Gasteiger partial charge in [-0.3, -0.25) is 9.59 Å². The zero-order chi connectivity index (χ0) is 20.0. The topological polar surface area (TPSA) is 80.4 Å². The minimum Gasteiger partial charge on any atom is -0.490 e. The number of hydrogen-bond acceptors (Lipinski definition) is 4. The molecule has 0 bridgehead atoms. The first-order chi connectivity index (χ1) is 12.8. The van der Waals surface area contributed by atoms with E-state index in [1.54, 1.807) is 18.2 Å². The molecule has 146 valence electrons. The first-order valence-electron chi connectivity index (χ1n) is 9.19. The molecule has 0 fully saturated rings. The van der Waals surface area contributed by atoms with Crippen LogP contribution in [0.2, 0.25) is 0 Å². The second-order valence-electron chi connectivity index (χ2n) is 6.93. The van der Waals surface area contributed by atoms with Crippen LogP contribution < -0.4 is 20.3 Å². The van der Waals surface area contributed by atoms with Gasteiger partial charge in [-0.15, -0.1) is 0 Å². The van der Waals surface area contributed by atoms with E-state index < -0.39 is 0 Å². The van der Waals surface area contributed by atoms with E-state index in [-0.39, 0.29) is 18.0 Å². The van der Waals surface area contributed by atoms with Crippen LogP contribution in [0.4, 0.5) is 0 Å².